The second kappa shape index (κ2) is 10.4. The lowest BCUT2D eigenvalue weighted by molar-refractivity contribution is -0.139. The summed E-state index contributed by atoms with van der Waals surface area (Å²) in [7, 11) is 0. The molecule has 5 heteroatoms. The largest absolute Gasteiger partial charge is 0.484 e. The predicted molar refractivity (Wildman–Crippen MR) is 117 cm³/mol. The van der Waals surface area contributed by atoms with Gasteiger partial charge in [-0.25, -0.2) is 9.78 Å². The first-order valence-electron chi connectivity index (χ1n) is 10.2. The molecular weight excluding hydrogens is 378 g/mol. The molecule has 5 nitrogen and oxygen atoms in total. The standard InChI is InChI=1S/C25H27NO4/c1-3-4-13-24(22-12-8-11-21(26-22)19-9-6-5-7-10-19)30-20-14-15-23(18(2)16-20)29-17-25(27)28/h5-12,14-16,24H,3-4,13,17H2,1-2H3,(H,27,28). The average molecular weight is 405 g/mol. The number of carbonyl (C=O) groups is 1. The van der Waals surface area contributed by atoms with Crippen LogP contribution in [0.4, 0.5) is 0 Å². The quantitative estimate of drug-likeness (QED) is 0.459. The summed E-state index contributed by atoms with van der Waals surface area (Å²) in [6.45, 7) is 3.67. The first kappa shape index (κ1) is 21.4. The number of aromatic nitrogens is 1. The number of rotatable bonds is 10. The lowest BCUT2D eigenvalue weighted by atomic mass is 10.1. The van der Waals surface area contributed by atoms with E-state index in [9.17, 15) is 4.79 Å². The van der Waals surface area contributed by atoms with Crippen molar-refractivity contribution in [1.82, 2.24) is 4.98 Å². The number of benzene rings is 2. The molecule has 1 N–H and O–H groups in total. The molecule has 0 saturated heterocycles. The van der Waals surface area contributed by atoms with Gasteiger partial charge in [0.2, 0.25) is 0 Å². The Morgan fingerprint density at radius 2 is 1.87 bits per heavy atom. The lowest BCUT2D eigenvalue weighted by Crippen LogP contribution is -2.11. The summed E-state index contributed by atoms with van der Waals surface area (Å²) < 4.78 is 11.6. The number of hydrogen-bond acceptors (Lipinski definition) is 4. The van der Waals surface area contributed by atoms with Crippen molar-refractivity contribution in [2.24, 2.45) is 0 Å². The zero-order valence-electron chi connectivity index (χ0n) is 17.4. The molecule has 3 rings (SSSR count). The highest BCUT2D eigenvalue weighted by Crippen LogP contribution is 2.30. The van der Waals surface area contributed by atoms with Crippen LogP contribution in [0.1, 0.15) is 43.5 Å². The number of pyridine rings is 1. The third-order valence-electron chi connectivity index (χ3n) is 4.77. The van der Waals surface area contributed by atoms with E-state index in [-0.39, 0.29) is 12.7 Å². The Morgan fingerprint density at radius 3 is 2.57 bits per heavy atom. The smallest absolute Gasteiger partial charge is 0.341 e. The van der Waals surface area contributed by atoms with Gasteiger partial charge in [0.05, 0.1) is 11.4 Å². The molecule has 0 spiro atoms. The fraction of sp³-hybridized carbons (Fsp3) is 0.280. The lowest BCUT2D eigenvalue weighted by Gasteiger charge is -2.20. The molecule has 0 amide bonds. The molecule has 3 aromatic rings. The van der Waals surface area contributed by atoms with Crippen LogP contribution < -0.4 is 9.47 Å². The molecule has 1 atom stereocenters. The molecule has 0 aliphatic carbocycles. The van der Waals surface area contributed by atoms with Crippen LogP contribution in [0, 0.1) is 6.92 Å². The number of ether oxygens (including phenoxy) is 2. The number of nitrogens with zero attached hydrogens (tertiary/aromatic N) is 1. The topological polar surface area (TPSA) is 68.7 Å². The van der Waals surface area contributed by atoms with Gasteiger partial charge in [0.15, 0.2) is 6.61 Å². The van der Waals surface area contributed by atoms with E-state index in [1.54, 1.807) is 6.07 Å². The first-order chi connectivity index (χ1) is 14.6. The van der Waals surface area contributed by atoms with Gasteiger partial charge in [0, 0.05) is 5.56 Å². The van der Waals surface area contributed by atoms with Crippen LogP contribution in [-0.4, -0.2) is 22.7 Å². The zero-order chi connectivity index (χ0) is 21.3. The van der Waals surface area contributed by atoms with Gasteiger partial charge in [-0.2, -0.15) is 0 Å². The van der Waals surface area contributed by atoms with Gasteiger partial charge in [-0.05, 0) is 55.7 Å². The monoisotopic (exact) mass is 405 g/mol. The van der Waals surface area contributed by atoms with Crippen LogP contribution in [0.5, 0.6) is 11.5 Å². The molecule has 0 aliphatic heterocycles. The van der Waals surface area contributed by atoms with Crippen molar-refractivity contribution in [3.63, 3.8) is 0 Å². The Morgan fingerprint density at radius 1 is 1.07 bits per heavy atom. The minimum Gasteiger partial charge on any atom is -0.484 e. The number of aryl methyl sites for hydroxylation is 1. The third-order valence-corrected chi connectivity index (χ3v) is 4.77. The van der Waals surface area contributed by atoms with Gasteiger partial charge in [0.25, 0.3) is 0 Å². The van der Waals surface area contributed by atoms with E-state index in [4.69, 9.17) is 19.6 Å². The summed E-state index contributed by atoms with van der Waals surface area (Å²) in [5.74, 6) is 0.251. The maximum Gasteiger partial charge on any atom is 0.341 e. The van der Waals surface area contributed by atoms with E-state index in [0.29, 0.717) is 11.5 Å². The number of carboxylic acid groups (broad SMARTS) is 1. The Bertz CT molecular complexity index is 972. The van der Waals surface area contributed by atoms with E-state index in [1.165, 1.54) is 0 Å². The van der Waals surface area contributed by atoms with Crippen molar-refractivity contribution in [1.29, 1.82) is 0 Å². The van der Waals surface area contributed by atoms with Gasteiger partial charge >= 0.3 is 5.97 Å². The average Bonchev–Trinajstić information content (AvgIpc) is 2.76. The molecule has 2 aromatic carbocycles. The Balaban J connectivity index is 1.81. The number of hydrogen-bond donors (Lipinski definition) is 1. The molecule has 1 aromatic heterocycles. The fourth-order valence-electron chi connectivity index (χ4n) is 3.22. The molecule has 0 aliphatic rings. The highest BCUT2D eigenvalue weighted by atomic mass is 16.5. The van der Waals surface area contributed by atoms with Gasteiger partial charge in [-0.1, -0.05) is 49.7 Å². The second-order valence-corrected chi connectivity index (χ2v) is 7.17. The predicted octanol–water partition coefficient (Wildman–Crippen LogP) is 5.83. The van der Waals surface area contributed by atoms with Crippen LogP contribution in [0.15, 0.2) is 66.7 Å². The van der Waals surface area contributed by atoms with Crippen molar-refractivity contribution >= 4 is 5.97 Å². The molecule has 0 bridgehead atoms. The molecule has 30 heavy (non-hydrogen) atoms. The first-order valence-corrected chi connectivity index (χ1v) is 10.2. The molecular formula is C25H27NO4. The maximum atomic E-state index is 10.7. The Kier molecular flexibility index (Phi) is 7.44. The molecule has 0 radical (unpaired) electrons. The normalized spacial score (nSPS) is 11.7. The van der Waals surface area contributed by atoms with E-state index in [2.05, 4.69) is 6.92 Å². The third kappa shape index (κ3) is 5.83. The number of unbranched alkanes of at least 4 members (excludes halogenated alkanes) is 1. The highest BCUT2D eigenvalue weighted by molar-refractivity contribution is 5.68. The summed E-state index contributed by atoms with van der Waals surface area (Å²) >= 11 is 0. The highest BCUT2D eigenvalue weighted by Gasteiger charge is 2.16. The van der Waals surface area contributed by atoms with Crippen LogP contribution in [-0.2, 0) is 4.79 Å². The van der Waals surface area contributed by atoms with Crippen LogP contribution in [0.3, 0.4) is 0 Å². The van der Waals surface area contributed by atoms with Crippen LogP contribution in [0.25, 0.3) is 11.3 Å². The van der Waals surface area contributed by atoms with Gasteiger partial charge in [0.1, 0.15) is 17.6 Å². The van der Waals surface area contributed by atoms with Gasteiger partial charge in [-0.15, -0.1) is 0 Å². The van der Waals surface area contributed by atoms with Crippen LogP contribution in [0.2, 0.25) is 0 Å². The molecule has 1 unspecified atom stereocenters. The van der Waals surface area contributed by atoms with E-state index < -0.39 is 5.97 Å². The molecule has 156 valence electrons. The van der Waals surface area contributed by atoms with Gasteiger partial charge < -0.3 is 14.6 Å². The zero-order valence-corrected chi connectivity index (χ0v) is 17.4. The SMILES string of the molecule is CCCCC(Oc1ccc(OCC(=O)O)c(C)c1)c1cccc(-c2ccccc2)n1. The second-order valence-electron chi connectivity index (χ2n) is 7.17. The minimum atomic E-state index is -1.00. The summed E-state index contributed by atoms with van der Waals surface area (Å²) in [5, 5.41) is 8.80. The van der Waals surface area contributed by atoms with Gasteiger partial charge in [-0.3, -0.25) is 0 Å². The summed E-state index contributed by atoms with van der Waals surface area (Å²) in [4.78, 5) is 15.6. The van der Waals surface area contributed by atoms with E-state index in [0.717, 1.165) is 41.8 Å². The Hall–Kier alpha value is -3.34. The summed E-state index contributed by atoms with van der Waals surface area (Å²) in [6, 6.07) is 21.6. The van der Waals surface area contributed by atoms with E-state index in [1.807, 2.05) is 67.6 Å². The number of carboxylic acids is 1. The fourth-order valence-corrected chi connectivity index (χ4v) is 3.22. The molecule has 1 heterocycles. The van der Waals surface area contributed by atoms with Crippen molar-refractivity contribution in [2.45, 2.75) is 39.2 Å². The van der Waals surface area contributed by atoms with Crippen molar-refractivity contribution in [3.8, 4) is 22.8 Å². The van der Waals surface area contributed by atoms with Crippen molar-refractivity contribution < 1.29 is 19.4 Å². The minimum absolute atomic E-state index is 0.168. The molecule has 0 saturated carbocycles. The molecule has 0 fully saturated rings. The van der Waals surface area contributed by atoms with Crippen molar-refractivity contribution in [3.05, 3.63) is 78.0 Å². The summed E-state index contributed by atoms with van der Waals surface area (Å²) in [6.07, 6.45) is 2.79. The van der Waals surface area contributed by atoms with E-state index >= 15 is 0 Å². The van der Waals surface area contributed by atoms with Crippen LogP contribution >= 0.6 is 0 Å². The Labute approximate surface area is 177 Å². The van der Waals surface area contributed by atoms with Crippen molar-refractivity contribution in [2.75, 3.05) is 6.61 Å². The number of aliphatic carboxylic acids is 1. The summed E-state index contributed by atoms with van der Waals surface area (Å²) in [5.41, 5.74) is 3.72. The maximum absolute atomic E-state index is 10.7.